The number of aromatic nitrogens is 2. The summed E-state index contributed by atoms with van der Waals surface area (Å²) in [7, 11) is 0. The highest BCUT2D eigenvalue weighted by Gasteiger charge is 2.35. The van der Waals surface area contributed by atoms with Crippen molar-refractivity contribution in [3.05, 3.63) is 52.7 Å². The van der Waals surface area contributed by atoms with Gasteiger partial charge in [-0.15, -0.1) is 0 Å². The van der Waals surface area contributed by atoms with Crippen molar-refractivity contribution in [2.24, 2.45) is 0 Å². The molecule has 1 aliphatic heterocycles. The maximum absolute atomic E-state index is 13.9. The Morgan fingerprint density at radius 3 is 2.71 bits per heavy atom. The smallest absolute Gasteiger partial charge is 0.273 e. The number of benzene rings is 1. The van der Waals surface area contributed by atoms with Gasteiger partial charge in [-0.3, -0.25) is 9.59 Å². The number of hydrogen-bond donors (Lipinski definition) is 0. The van der Waals surface area contributed by atoms with E-state index in [1.807, 2.05) is 18.4 Å². The summed E-state index contributed by atoms with van der Waals surface area (Å²) >= 11 is 1.27. The van der Waals surface area contributed by atoms with E-state index >= 15 is 0 Å². The average molecular weight is 347 g/mol. The molecule has 1 fully saturated rings. The Kier molecular flexibility index (Phi) is 4.71. The summed E-state index contributed by atoms with van der Waals surface area (Å²) in [6, 6.07) is 7.79. The minimum atomic E-state index is -0.409. The molecule has 1 aromatic heterocycles. The van der Waals surface area contributed by atoms with Gasteiger partial charge in [0.2, 0.25) is 5.91 Å². The zero-order valence-corrected chi connectivity index (χ0v) is 14.3. The molecule has 1 atom stereocenters. The molecule has 0 bridgehead atoms. The number of anilines is 1. The van der Waals surface area contributed by atoms with Gasteiger partial charge in [0.1, 0.15) is 5.82 Å². The van der Waals surface area contributed by atoms with Gasteiger partial charge in [0.25, 0.3) is 5.56 Å². The Labute approximate surface area is 143 Å². The van der Waals surface area contributed by atoms with E-state index in [9.17, 15) is 14.0 Å². The fraction of sp³-hybridized carbons (Fsp3) is 0.353. The van der Waals surface area contributed by atoms with Gasteiger partial charge < -0.3 is 9.47 Å². The molecule has 5 nitrogen and oxygen atoms in total. The van der Waals surface area contributed by atoms with Gasteiger partial charge in [0.15, 0.2) is 5.16 Å². The van der Waals surface area contributed by atoms with Crippen molar-refractivity contribution in [1.82, 2.24) is 9.55 Å². The fourth-order valence-corrected chi connectivity index (χ4v) is 3.92. The molecular formula is C17H18FN3O2S. The van der Waals surface area contributed by atoms with E-state index in [2.05, 4.69) is 4.98 Å². The highest BCUT2D eigenvalue weighted by atomic mass is 32.2. The Hall–Kier alpha value is -2.15. The van der Waals surface area contributed by atoms with E-state index in [4.69, 9.17) is 0 Å². The number of nitrogens with zero attached hydrogens (tertiary/aromatic N) is 3. The molecular weight excluding hydrogens is 329 g/mol. The lowest BCUT2D eigenvalue weighted by Crippen LogP contribution is -2.29. The molecule has 3 rings (SSSR count). The molecule has 7 heteroatoms. The van der Waals surface area contributed by atoms with Crippen molar-refractivity contribution < 1.29 is 9.18 Å². The summed E-state index contributed by atoms with van der Waals surface area (Å²) < 4.78 is 15.8. The summed E-state index contributed by atoms with van der Waals surface area (Å²) in [5.41, 5.74) is -0.0290. The van der Waals surface area contributed by atoms with Crippen LogP contribution in [0.15, 0.2) is 46.5 Å². The maximum Gasteiger partial charge on any atom is 0.273 e. The van der Waals surface area contributed by atoms with Crippen molar-refractivity contribution in [3.8, 4) is 0 Å². The second kappa shape index (κ2) is 6.76. The number of halogens is 1. The van der Waals surface area contributed by atoms with Gasteiger partial charge in [-0.1, -0.05) is 23.9 Å². The van der Waals surface area contributed by atoms with Crippen LogP contribution in [0.3, 0.4) is 0 Å². The molecule has 2 heterocycles. The molecule has 1 aliphatic rings. The second-order valence-electron chi connectivity index (χ2n) is 5.89. The van der Waals surface area contributed by atoms with E-state index in [1.165, 1.54) is 28.8 Å². The van der Waals surface area contributed by atoms with Crippen molar-refractivity contribution in [3.63, 3.8) is 0 Å². The van der Waals surface area contributed by atoms with Crippen LogP contribution in [0.1, 0.15) is 26.3 Å². The molecule has 0 N–H and O–H groups in total. The lowest BCUT2D eigenvalue weighted by molar-refractivity contribution is -0.116. The minimum absolute atomic E-state index is 0.125. The van der Waals surface area contributed by atoms with Crippen LogP contribution < -0.4 is 10.5 Å². The van der Waals surface area contributed by atoms with Crippen LogP contribution in [-0.4, -0.2) is 27.3 Å². The third-order valence-corrected chi connectivity index (χ3v) is 5.14. The third-order valence-electron chi connectivity index (χ3n) is 3.91. The van der Waals surface area contributed by atoms with Crippen molar-refractivity contribution in [2.75, 3.05) is 11.4 Å². The molecule has 1 amide bonds. The summed E-state index contributed by atoms with van der Waals surface area (Å²) in [6.45, 7) is 4.42. The van der Waals surface area contributed by atoms with Crippen LogP contribution >= 0.6 is 11.8 Å². The number of para-hydroxylation sites is 1. The van der Waals surface area contributed by atoms with Crippen LogP contribution in [0.5, 0.6) is 0 Å². The number of rotatable bonds is 4. The van der Waals surface area contributed by atoms with E-state index in [-0.39, 0.29) is 22.8 Å². The van der Waals surface area contributed by atoms with Gasteiger partial charge in [-0.2, -0.15) is 4.98 Å². The number of carbonyl (C=O) groups is 1. The molecule has 0 saturated carbocycles. The number of amides is 1. The van der Waals surface area contributed by atoms with E-state index in [1.54, 1.807) is 24.4 Å². The molecule has 126 valence electrons. The zero-order chi connectivity index (χ0) is 17.3. The average Bonchev–Trinajstić information content (AvgIpc) is 2.89. The van der Waals surface area contributed by atoms with Crippen LogP contribution in [-0.2, 0) is 4.79 Å². The predicted molar refractivity (Wildman–Crippen MR) is 91.9 cm³/mol. The van der Waals surface area contributed by atoms with Gasteiger partial charge in [-0.05, 0) is 32.4 Å². The van der Waals surface area contributed by atoms with E-state index < -0.39 is 5.82 Å². The van der Waals surface area contributed by atoms with Gasteiger partial charge in [0, 0.05) is 24.8 Å². The SMILES string of the molecule is CC(C)n1ccc(=O)nc1SC1CCN(c2ccccc2F)C1=O. The molecule has 0 radical (unpaired) electrons. The summed E-state index contributed by atoms with van der Waals surface area (Å²) in [6.07, 6.45) is 2.27. The molecule has 2 aromatic rings. The normalized spacial score (nSPS) is 17.8. The van der Waals surface area contributed by atoms with Crippen LogP contribution in [0.25, 0.3) is 0 Å². The summed E-state index contributed by atoms with van der Waals surface area (Å²) in [4.78, 5) is 29.7. The number of carbonyl (C=O) groups excluding carboxylic acids is 1. The number of thioether (sulfide) groups is 1. The highest BCUT2D eigenvalue weighted by molar-refractivity contribution is 8.00. The highest BCUT2D eigenvalue weighted by Crippen LogP contribution is 2.33. The lowest BCUT2D eigenvalue weighted by Gasteiger charge is -2.19. The minimum Gasteiger partial charge on any atom is -0.325 e. The van der Waals surface area contributed by atoms with E-state index in [0.29, 0.717) is 23.8 Å². The molecule has 1 unspecified atom stereocenters. The van der Waals surface area contributed by atoms with E-state index in [0.717, 1.165) is 0 Å². The number of hydrogen-bond acceptors (Lipinski definition) is 4. The van der Waals surface area contributed by atoms with Crippen LogP contribution in [0, 0.1) is 5.82 Å². The molecule has 1 aromatic carbocycles. The first-order valence-electron chi connectivity index (χ1n) is 7.79. The fourth-order valence-electron chi connectivity index (χ4n) is 2.68. The molecule has 0 spiro atoms. The molecule has 0 aliphatic carbocycles. The Bertz CT molecular complexity index is 821. The van der Waals surface area contributed by atoms with Crippen LogP contribution in [0.4, 0.5) is 10.1 Å². The monoisotopic (exact) mass is 347 g/mol. The Balaban J connectivity index is 1.84. The Morgan fingerprint density at radius 2 is 2.00 bits per heavy atom. The van der Waals surface area contributed by atoms with Crippen molar-refractivity contribution in [1.29, 1.82) is 0 Å². The van der Waals surface area contributed by atoms with Gasteiger partial charge in [-0.25, -0.2) is 4.39 Å². The summed E-state index contributed by atoms with van der Waals surface area (Å²) in [5, 5.41) is 0.148. The first-order valence-corrected chi connectivity index (χ1v) is 8.67. The topological polar surface area (TPSA) is 55.2 Å². The first kappa shape index (κ1) is 16.7. The van der Waals surface area contributed by atoms with Crippen molar-refractivity contribution in [2.45, 2.75) is 36.7 Å². The maximum atomic E-state index is 13.9. The third kappa shape index (κ3) is 3.21. The van der Waals surface area contributed by atoms with Gasteiger partial charge >= 0.3 is 0 Å². The first-order chi connectivity index (χ1) is 11.5. The zero-order valence-electron chi connectivity index (χ0n) is 13.5. The largest absolute Gasteiger partial charge is 0.325 e. The lowest BCUT2D eigenvalue weighted by atomic mass is 10.3. The van der Waals surface area contributed by atoms with Gasteiger partial charge in [0.05, 0.1) is 10.9 Å². The molecule has 1 saturated heterocycles. The van der Waals surface area contributed by atoms with Crippen LogP contribution in [0.2, 0.25) is 0 Å². The van der Waals surface area contributed by atoms with Crippen molar-refractivity contribution >= 4 is 23.4 Å². The standard InChI is InChI=1S/C17H18FN3O2S/c1-11(2)20-10-8-15(22)19-17(20)24-14-7-9-21(16(14)23)13-6-4-3-5-12(13)18/h3-6,8,10-11,14H,7,9H2,1-2H3. The Morgan fingerprint density at radius 1 is 1.25 bits per heavy atom. The quantitative estimate of drug-likeness (QED) is 0.798. The molecule has 24 heavy (non-hydrogen) atoms. The predicted octanol–water partition coefficient (Wildman–Crippen LogP) is 2.86. The second-order valence-corrected chi connectivity index (χ2v) is 7.06. The summed E-state index contributed by atoms with van der Waals surface area (Å²) in [5.74, 6) is -0.563.